The summed E-state index contributed by atoms with van der Waals surface area (Å²) in [6.07, 6.45) is 0. The van der Waals surface area contributed by atoms with E-state index in [4.69, 9.17) is 11.6 Å². The summed E-state index contributed by atoms with van der Waals surface area (Å²) >= 11 is 8.17. The number of non-ortho nitro benzene ring substituents is 1. The number of aryl methyl sites for hydroxylation is 1. The van der Waals surface area contributed by atoms with E-state index in [2.05, 4.69) is 5.32 Å². The number of hydrogen-bond donors (Lipinski definition) is 1. The van der Waals surface area contributed by atoms with Crippen LogP contribution in [0.5, 0.6) is 0 Å². The van der Waals surface area contributed by atoms with Crippen LogP contribution in [0.25, 0.3) is 0 Å². The fraction of sp³-hybridized carbons (Fsp3) is 0.172. The van der Waals surface area contributed by atoms with E-state index in [0.29, 0.717) is 26.2 Å². The SMILES string of the molecule is Cc1ccc(NC(=O)Cn2c3c(sc2=O)[C@@H](c2ccc(Cl)cc2)[C@@H]2C(=O)N(c4ccc([N+](=O)[O-])cc4)C(=O)[C@@H]2S3)cc1. The maximum absolute atomic E-state index is 13.9. The molecule has 10 nitrogen and oxygen atoms in total. The molecule has 0 unspecified atom stereocenters. The Labute approximate surface area is 252 Å². The summed E-state index contributed by atoms with van der Waals surface area (Å²) < 4.78 is 1.35. The van der Waals surface area contributed by atoms with Crippen LogP contribution in [0, 0.1) is 23.0 Å². The van der Waals surface area contributed by atoms with E-state index in [1.165, 1.54) is 28.8 Å². The Morgan fingerprint density at radius 3 is 2.29 bits per heavy atom. The van der Waals surface area contributed by atoms with Gasteiger partial charge in [-0.2, -0.15) is 0 Å². The van der Waals surface area contributed by atoms with Crippen LogP contribution in [-0.2, 0) is 20.9 Å². The van der Waals surface area contributed by atoms with Crippen LogP contribution in [0.2, 0.25) is 5.02 Å². The molecule has 212 valence electrons. The Bertz CT molecular complexity index is 1800. The standard InChI is InChI=1S/C29H21ClN4O6S2/c1-15-2-8-18(9-3-15)31-21(35)14-32-28-25(42-29(32)38)22(16-4-6-17(30)7-5-16)23-24(41-28)27(37)33(26(23)36)19-10-12-20(13-11-19)34(39)40/h2-13,22-24H,14H2,1H3,(H,31,35)/t22-,23-,24+/m0/s1. The largest absolute Gasteiger partial charge is 0.325 e. The fourth-order valence-electron chi connectivity index (χ4n) is 5.24. The number of carbonyl (C=O) groups is 3. The van der Waals surface area contributed by atoms with Crippen LogP contribution >= 0.6 is 34.7 Å². The molecule has 1 N–H and O–H groups in total. The normalized spacial score (nSPS) is 19.4. The molecular formula is C29H21ClN4O6S2. The van der Waals surface area contributed by atoms with Crippen molar-refractivity contribution in [1.82, 2.24) is 4.57 Å². The number of hydrogen-bond acceptors (Lipinski definition) is 8. The van der Waals surface area contributed by atoms with Crippen LogP contribution in [0.4, 0.5) is 17.1 Å². The number of anilines is 2. The molecule has 2 aliphatic rings. The van der Waals surface area contributed by atoms with Gasteiger partial charge in [0.2, 0.25) is 17.7 Å². The van der Waals surface area contributed by atoms with E-state index in [1.807, 2.05) is 19.1 Å². The topological polar surface area (TPSA) is 132 Å². The van der Waals surface area contributed by atoms with Gasteiger partial charge in [-0.05, 0) is 48.9 Å². The summed E-state index contributed by atoms with van der Waals surface area (Å²) in [6.45, 7) is 1.66. The molecule has 13 heteroatoms. The second-order valence-corrected chi connectivity index (χ2v) is 12.5. The summed E-state index contributed by atoms with van der Waals surface area (Å²) in [5.41, 5.74) is 2.37. The fourth-order valence-corrected chi connectivity index (χ4v) is 8.14. The average molecular weight is 621 g/mol. The molecule has 0 spiro atoms. The molecule has 2 aliphatic heterocycles. The van der Waals surface area contributed by atoms with Crippen molar-refractivity contribution in [1.29, 1.82) is 0 Å². The minimum absolute atomic E-state index is 0.168. The molecule has 42 heavy (non-hydrogen) atoms. The molecular weight excluding hydrogens is 600 g/mol. The molecule has 1 fully saturated rings. The molecule has 3 amide bonds. The Balaban J connectivity index is 1.39. The summed E-state index contributed by atoms with van der Waals surface area (Å²) in [5.74, 6) is -2.88. The number of halogens is 1. The van der Waals surface area contributed by atoms with Gasteiger partial charge in [-0.15, -0.1) is 0 Å². The van der Waals surface area contributed by atoms with E-state index in [0.717, 1.165) is 33.6 Å². The zero-order valence-corrected chi connectivity index (χ0v) is 24.2. The highest BCUT2D eigenvalue weighted by Crippen LogP contribution is 2.54. The molecule has 0 saturated carbocycles. The zero-order chi connectivity index (χ0) is 29.7. The van der Waals surface area contributed by atoms with Crippen molar-refractivity contribution >= 4 is 69.5 Å². The highest BCUT2D eigenvalue weighted by molar-refractivity contribution is 8.00. The van der Waals surface area contributed by atoms with Crippen molar-refractivity contribution in [3.05, 3.63) is 114 Å². The number of amides is 3. The van der Waals surface area contributed by atoms with E-state index >= 15 is 0 Å². The van der Waals surface area contributed by atoms with Crippen LogP contribution in [-0.4, -0.2) is 32.5 Å². The first-order chi connectivity index (χ1) is 20.1. The number of nitro groups is 1. The first kappa shape index (κ1) is 27.9. The van der Waals surface area contributed by atoms with Crippen molar-refractivity contribution in [2.75, 3.05) is 10.2 Å². The Kier molecular flexibility index (Phi) is 7.21. The molecule has 1 saturated heterocycles. The first-order valence-corrected chi connectivity index (χ1v) is 14.8. The molecule has 4 aromatic rings. The van der Waals surface area contributed by atoms with Gasteiger partial charge in [0, 0.05) is 33.6 Å². The number of carbonyl (C=O) groups excluding carboxylic acids is 3. The summed E-state index contributed by atoms with van der Waals surface area (Å²) in [4.78, 5) is 65.8. The lowest BCUT2D eigenvalue weighted by atomic mass is 9.83. The summed E-state index contributed by atoms with van der Waals surface area (Å²) in [7, 11) is 0. The Morgan fingerprint density at radius 2 is 1.64 bits per heavy atom. The third kappa shape index (κ3) is 4.91. The van der Waals surface area contributed by atoms with Gasteiger partial charge < -0.3 is 5.32 Å². The molecule has 3 heterocycles. The van der Waals surface area contributed by atoms with E-state index < -0.39 is 39.7 Å². The van der Waals surface area contributed by atoms with Crippen molar-refractivity contribution in [3.8, 4) is 0 Å². The Hall–Kier alpha value is -4.26. The second-order valence-electron chi connectivity index (χ2n) is 9.92. The second kappa shape index (κ2) is 10.9. The van der Waals surface area contributed by atoms with Gasteiger partial charge in [0.25, 0.3) is 5.69 Å². The van der Waals surface area contributed by atoms with Crippen LogP contribution in [0.15, 0.2) is 82.6 Å². The molecule has 3 atom stereocenters. The van der Waals surface area contributed by atoms with Crippen molar-refractivity contribution in [2.45, 2.75) is 29.7 Å². The summed E-state index contributed by atoms with van der Waals surface area (Å²) in [5, 5.41) is 14.0. The van der Waals surface area contributed by atoms with E-state index in [9.17, 15) is 29.3 Å². The number of imide groups is 1. The third-order valence-corrected chi connectivity index (χ3v) is 10.1. The molecule has 1 aromatic heterocycles. The maximum atomic E-state index is 13.9. The monoisotopic (exact) mass is 620 g/mol. The lowest BCUT2D eigenvalue weighted by Crippen LogP contribution is -2.33. The number of thioether (sulfide) groups is 1. The molecule has 6 rings (SSSR count). The number of nitrogens with one attached hydrogen (secondary N) is 1. The quantitative estimate of drug-likeness (QED) is 0.178. The van der Waals surface area contributed by atoms with Crippen LogP contribution < -0.4 is 15.1 Å². The van der Waals surface area contributed by atoms with Crippen molar-refractivity contribution in [2.24, 2.45) is 5.92 Å². The van der Waals surface area contributed by atoms with Crippen LogP contribution in [0.3, 0.4) is 0 Å². The van der Waals surface area contributed by atoms with Gasteiger partial charge >= 0.3 is 4.87 Å². The minimum atomic E-state index is -0.888. The van der Waals surface area contributed by atoms with Gasteiger partial charge in [-0.3, -0.25) is 33.9 Å². The summed E-state index contributed by atoms with van der Waals surface area (Å²) in [6, 6.07) is 19.3. The number of nitrogens with zero attached hydrogens (tertiary/aromatic N) is 3. The number of benzene rings is 3. The van der Waals surface area contributed by atoms with E-state index in [1.54, 1.807) is 36.4 Å². The number of thiazole rings is 1. The van der Waals surface area contributed by atoms with Crippen LogP contribution in [0.1, 0.15) is 21.9 Å². The average Bonchev–Trinajstić information content (AvgIpc) is 3.41. The smallest absolute Gasteiger partial charge is 0.308 e. The predicted octanol–water partition coefficient (Wildman–Crippen LogP) is 5.21. The van der Waals surface area contributed by atoms with Gasteiger partial charge in [0.15, 0.2) is 0 Å². The Morgan fingerprint density at radius 1 is 0.976 bits per heavy atom. The number of aromatic nitrogens is 1. The minimum Gasteiger partial charge on any atom is -0.325 e. The first-order valence-electron chi connectivity index (χ1n) is 12.8. The maximum Gasteiger partial charge on any atom is 0.308 e. The highest BCUT2D eigenvalue weighted by Gasteiger charge is 2.56. The number of fused-ring (bicyclic) bond motifs is 2. The van der Waals surface area contributed by atoms with Gasteiger partial charge in [-0.1, -0.05) is 64.5 Å². The molecule has 0 radical (unpaired) electrons. The third-order valence-electron chi connectivity index (χ3n) is 7.23. The predicted molar refractivity (Wildman–Crippen MR) is 160 cm³/mol. The van der Waals surface area contributed by atoms with Gasteiger partial charge in [0.05, 0.1) is 21.6 Å². The van der Waals surface area contributed by atoms with Gasteiger partial charge in [-0.25, -0.2) is 4.90 Å². The van der Waals surface area contributed by atoms with Crippen molar-refractivity contribution < 1.29 is 19.3 Å². The van der Waals surface area contributed by atoms with E-state index in [-0.39, 0.29) is 22.8 Å². The van der Waals surface area contributed by atoms with Crippen molar-refractivity contribution in [3.63, 3.8) is 0 Å². The molecule has 3 aromatic carbocycles. The molecule has 0 aliphatic carbocycles. The lowest BCUT2D eigenvalue weighted by molar-refractivity contribution is -0.384. The number of nitro benzene ring substituents is 1. The van der Waals surface area contributed by atoms with Gasteiger partial charge in [0.1, 0.15) is 11.8 Å². The highest BCUT2D eigenvalue weighted by atomic mass is 35.5. The zero-order valence-electron chi connectivity index (χ0n) is 21.9. The lowest BCUT2D eigenvalue weighted by Gasteiger charge is -2.30. The molecule has 0 bridgehead atoms. The number of rotatable bonds is 6.